The number of nitrogens with one attached hydrogen (secondary N) is 1. The summed E-state index contributed by atoms with van der Waals surface area (Å²) < 4.78 is 0. The van der Waals surface area contributed by atoms with Crippen molar-refractivity contribution in [2.24, 2.45) is 0 Å². The van der Waals surface area contributed by atoms with Gasteiger partial charge in [0.1, 0.15) is 5.88 Å². The first-order valence-corrected chi connectivity index (χ1v) is 5.46. The minimum absolute atomic E-state index is 0.0375. The number of pyridine rings is 1. The SMILES string of the molecule is Cc1ccc2cc(NC(=O)CCl)ccc2n1. The number of hydrogen-bond acceptors (Lipinski definition) is 2. The van der Waals surface area contributed by atoms with E-state index in [4.69, 9.17) is 11.6 Å². The highest BCUT2D eigenvalue weighted by molar-refractivity contribution is 6.29. The normalized spacial score (nSPS) is 10.4. The molecule has 3 nitrogen and oxygen atoms in total. The first-order valence-electron chi connectivity index (χ1n) is 4.92. The van der Waals surface area contributed by atoms with E-state index < -0.39 is 0 Å². The van der Waals surface area contributed by atoms with Crippen LogP contribution >= 0.6 is 11.6 Å². The Morgan fingerprint density at radius 3 is 2.94 bits per heavy atom. The molecule has 2 aromatic rings. The molecule has 2 rings (SSSR count). The fourth-order valence-corrected chi connectivity index (χ4v) is 1.57. The quantitative estimate of drug-likeness (QED) is 0.812. The lowest BCUT2D eigenvalue weighted by molar-refractivity contribution is -0.113. The number of amides is 1. The fraction of sp³-hybridized carbons (Fsp3) is 0.167. The molecule has 1 heterocycles. The number of hydrogen-bond donors (Lipinski definition) is 1. The predicted octanol–water partition coefficient (Wildman–Crippen LogP) is 2.72. The van der Waals surface area contributed by atoms with Crippen LogP contribution in [0.25, 0.3) is 10.9 Å². The average Bonchev–Trinajstić information content (AvgIpc) is 2.29. The summed E-state index contributed by atoms with van der Waals surface area (Å²) in [5.41, 5.74) is 2.64. The van der Waals surface area contributed by atoms with Gasteiger partial charge in [-0.25, -0.2) is 0 Å². The number of nitrogens with zero attached hydrogens (tertiary/aromatic N) is 1. The largest absolute Gasteiger partial charge is 0.325 e. The standard InChI is InChI=1S/C12H11ClN2O/c1-8-2-3-9-6-10(15-12(16)7-13)4-5-11(9)14-8/h2-6H,7H2,1H3,(H,15,16). The van der Waals surface area contributed by atoms with Gasteiger partial charge in [-0.3, -0.25) is 9.78 Å². The Hall–Kier alpha value is -1.61. The molecule has 0 radical (unpaired) electrons. The summed E-state index contributed by atoms with van der Waals surface area (Å²) in [6.45, 7) is 1.95. The van der Waals surface area contributed by atoms with E-state index in [1.165, 1.54) is 0 Å². The Balaban J connectivity index is 2.37. The van der Waals surface area contributed by atoms with Crippen LogP contribution in [0.4, 0.5) is 5.69 Å². The van der Waals surface area contributed by atoms with Crippen LogP contribution in [0.2, 0.25) is 0 Å². The van der Waals surface area contributed by atoms with E-state index in [1.54, 1.807) is 0 Å². The summed E-state index contributed by atoms with van der Waals surface area (Å²) in [5.74, 6) is -0.245. The second-order valence-corrected chi connectivity index (χ2v) is 3.81. The molecule has 0 aliphatic heterocycles. The number of rotatable bonds is 2. The molecule has 16 heavy (non-hydrogen) atoms. The summed E-state index contributed by atoms with van der Waals surface area (Å²) in [5, 5.41) is 3.70. The molecular weight excluding hydrogens is 224 g/mol. The third-order valence-electron chi connectivity index (χ3n) is 2.23. The maximum atomic E-state index is 11.1. The zero-order chi connectivity index (χ0) is 11.5. The molecule has 0 saturated heterocycles. The number of anilines is 1. The fourth-order valence-electron chi connectivity index (χ4n) is 1.50. The van der Waals surface area contributed by atoms with Gasteiger partial charge >= 0.3 is 0 Å². The molecule has 1 N–H and O–H groups in total. The summed E-state index contributed by atoms with van der Waals surface area (Å²) >= 11 is 5.42. The van der Waals surface area contributed by atoms with E-state index in [0.29, 0.717) is 0 Å². The highest BCUT2D eigenvalue weighted by atomic mass is 35.5. The first-order chi connectivity index (χ1) is 7.69. The Kier molecular flexibility index (Phi) is 3.06. The van der Waals surface area contributed by atoms with Gasteiger partial charge in [-0.2, -0.15) is 0 Å². The zero-order valence-electron chi connectivity index (χ0n) is 8.83. The summed E-state index contributed by atoms with van der Waals surface area (Å²) in [7, 11) is 0. The van der Waals surface area contributed by atoms with Gasteiger partial charge in [-0.1, -0.05) is 6.07 Å². The maximum absolute atomic E-state index is 11.1. The van der Waals surface area contributed by atoms with Gasteiger partial charge in [-0.15, -0.1) is 11.6 Å². The van der Waals surface area contributed by atoms with Crippen LogP contribution in [-0.4, -0.2) is 16.8 Å². The molecule has 0 saturated carbocycles. The summed E-state index contributed by atoms with van der Waals surface area (Å²) in [6, 6.07) is 9.50. The zero-order valence-corrected chi connectivity index (χ0v) is 9.58. The second kappa shape index (κ2) is 4.49. The van der Waals surface area contributed by atoms with E-state index >= 15 is 0 Å². The number of halogens is 1. The van der Waals surface area contributed by atoms with Crippen LogP contribution in [0.15, 0.2) is 30.3 Å². The second-order valence-electron chi connectivity index (χ2n) is 3.54. The Bertz CT molecular complexity index is 540. The van der Waals surface area contributed by atoms with Crippen molar-refractivity contribution in [1.82, 2.24) is 4.98 Å². The lowest BCUT2D eigenvalue weighted by Gasteiger charge is -2.04. The molecule has 0 fully saturated rings. The summed E-state index contributed by atoms with van der Waals surface area (Å²) in [6.07, 6.45) is 0. The van der Waals surface area contributed by atoms with Crippen molar-refractivity contribution in [2.45, 2.75) is 6.92 Å². The minimum atomic E-state index is -0.207. The van der Waals surface area contributed by atoms with Crippen molar-refractivity contribution in [1.29, 1.82) is 0 Å². The number of carbonyl (C=O) groups is 1. The average molecular weight is 235 g/mol. The van der Waals surface area contributed by atoms with Crippen LogP contribution in [-0.2, 0) is 4.79 Å². The van der Waals surface area contributed by atoms with Crippen LogP contribution in [0.1, 0.15) is 5.69 Å². The number of carbonyl (C=O) groups excluding carboxylic acids is 1. The van der Waals surface area contributed by atoms with Gasteiger partial charge in [-0.05, 0) is 31.2 Å². The van der Waals surface area contributed by atoms with Crippen molar-refractivity contribution in [3.63, 3.8) is 0 Å². The molecular formula is C12H11ClN2O. The lowest BCUT2D eigenvalue weighted by atomic mass is 10.2. The molecule has 0 unspecified atom stereocenters. The first kappa shape index (κ1) is 10.9. The molecule has 0 aliphatic rings. The number of fused-ring (bicyclic) bond motifs is 1. The number of aryl methyl sites for hydroxylation is 1. The third-order valence-corrected chi connectivity index (χ3v) is 2.48. The number of aromatic nitrogens is 1. The van der Waals surface area contributed by atoms with Gasteiger partial charge in [0.15, 0.2) is 0 Å². The van der Waals surface area contributed by atoms with Crippen LogP contribution < -0.4 is 5.32 Å². The summed E-state index contributed by atoms with van der Waals surface area (Å²) in [4.78, 5) is 15.5. The van der Waals surface area contributed by atoms with Crippen molar-refractivity contribution in [2.75, 3.05) is 11.2 Å². The van der Waals surface area contributed by atoms with Gasteiger partial charge in [0, 0.05) is 16.8 Å². The molecule has 1 aromatic carbocycles. The molecule has 4 heteroatoms. The lowest BCUT2D eigenvalue weighted by Crippen LogP contribution is -2.12. The van der Waals surface area contributed by atoms with E-state index in [9.17, 15) is 4.79 Å². The molecule has 0 spiro atoms. The van der Waals surface area contributed by atoms with Crippen molar-refractivity contribution >= 4 is 34.1 Å². The Labute approximate surface area is 98.4 Å². The topological polar surface area (TPSA) is 42.0 Å². The van der Waals surface area contributed by atoms with Gasteiger partial charge in [0.05, 0.1) is 5.52 Å². The molecule has 82 valence electrons. The smallest absolute Gasteiger partial charge is 0.239 e. The highest BCUT2D eigenvalue weighted by Crippen LogP contribution is 2.17. The molecule has 1 aromatic heterocycles. The molecule has 0 bridgehead atoms. The monoisotopic (exact) mass is 234 g/mol. The molecule has 0 aliphatic carbocycles. The van der Waals surface area contributed by atoms with Gasteiger partial charge < -0.3 is 5.32 Å². The maximum Gasteiger partial charge on any atom is 0.239 e. The Morgan fingerprint density at radius 1 is 1.38 bits per heavy atom. The third kappa shape index (κ3) is 2.31. The predicted molar refractivity (Wildman–Crippen MR) is 65.8 cm³/mol. The van der Waals surface area contributed by atoms with Crippen LogP contribution in [0.3, 0.4) is 0 Å². The molecule has 0 atom stereocenters. The Morgan fingerprint density at radius 2 is 2.19 bits per heavy atom. The van der Waals surface area contributed by atoms with E-state index in [2.05, 4.69) is 10.3 Å². The highest BCUT2D eigenvalue weighted by Gasteiger charge is 2.01. The van der Waals surface area contributed by atoms with Crippen molar-refractivity contribution < 1.29 is 4.79 Å². The van der Waals surface area contributed by atoms with E-state index in [-0.39, 0.29) is 11.8 Å². The van der Waals surface area contributed by atoms with Crippen LogP contribution in [0.5, 0.6) is 0 Å². The van der Waals surface area contributed by atoms with Crippen LogP contribution in [0, 0.1) is 6.92 Å². The van der Waals surface area contributed by atoms with Gasteiger partial charge in [0.2, 0.25) is 5.91 Å². The van der Waals surface area contributed by atoms with Crippen molar-refractivity contribution in [3.05, 3.63) is 36.0 Å². The van der Waals surface area contributed by atoms with Gasteiger partial charge in [0.25, 0.3) is 0 Å². The van der Waals surface area contributed by atoms with E-state index in [1.807, 2.05) is 37.3 Å². The minimum Gasteiger partial charge on any atom is -0.325 e. The molecule has 1 amide bonds. The van der Waals surface area contributed by atoms with E-state index in [0.717, 1.165) is 22.3 Å². The number of alkyl halides is 1. The number of benzene rings is 1. The van der Waals surface area contributed by atoms with Crippen molar-refractivity contribution in [3.8, 4) is 0 Å².